The highest BCUT2D eigenvalue weighted by atomic mass is 16.6. The molecule has 1 atom stereocenters. The summed E-state index contributed by atoms with van der Waals surface area (Å²) in [6.45, 7) is 2.02. The Balaban J connectivity index is 2.41. The van der Waals surface area contributed by atoms with Crippen molar-refractivity contribution in [2.75, 3.05) is 5.32 Å². The fourth-order valence-electron chi connectivity index (χ4n) is 1.79. The van der Waals surface area contributed by atoms with Crippen LogP contribution in [-0.2, 0) is 0 Å². The summed E-state index contributed by atoms with van der Waals surface area (Å²) in [5, 5.41) is 21.2. The van der Waals surface area contributed by atoms with E-state index in [2.05, 4.69) is 26.2 Å². The van der Waals surface area contributed by atoms with Crippen molar-refractivity contribution in [1.82, 2.24) is 10.3 Å². The van der Waals surface area contributed by atoms with E-state index in [-0.39, 0.29) is 17.2 Å². The van der Waals surface area contributed by atoms with Gasteiger partial charge in [-0.05, 0) is 22.8 Å². The number of nitro groups is 1. The zero-order valence-electron chi connectivity index (χ0n) is 10.3. The van der Waals surface area contributed by atoms with Crippen molar-refractivity contribution in [2.45, 2.75) is 25.8 Å². The Hall–Kier alpha value is -2.62. The summed E-state index contributed by atoms with van der Waals surface area (Å²) in [6.07, 6.45) is 7.14. The van der Waals surface area contributed by atoms with E-state index in [0.717, 1.165) is 12.8 Å². The third kappa shape index (κ3) is 2.47. The van der Waals surface area contributed by atoms with Gasteiger partial charge in [0.2, 0.25) is 5.52 Å². The number of nitrogens with zero attached hydrogens (tertiary/aromatic N) is 3. The molecule has 1 heterocycles. The minimum absolute atomic E-state index is 0.113. The smallest absolute Gasteiger partial charge is 0.300 e. The van der Waals surface area contributed by atoms with E-state index in [1.165, 1.54) is 6.07 Å². The Morgan fingerprint density at radius 2 is 2.26 bits per heavy atom. The van der Waals surface area contributed by atoms with Crippen molar-refractivity contribution in [3.05, 3.63) is 22.2 Å². The maximum absolute atomic E-state index is 10.8. The summed E-state index contributed by atoms with van der Waals surface area (Å²) >= 11 is 0. The summed E-state index contributed by atoms with van der Waals surface area (Å²) in [6, 6.07) is 2.75. The predicted octanol–water partition coefficient (Wildman–Crippen LogP) is 2.34. The number of terminal acetylenes is 1. The lowest BCUT2D eigenvalue weighted by atomic mass is 10.1. The van der Waals surface area contributed by atoms with E-state index in [4.69, 9.17) is 6.42 Å². The molecule has 0 aliphatic heterocycles. The lowest BCUT2D eigenvalue weighted by molar-refractivity contribution is -0.383. The van der Waals surface area contributed by atoms with Crippen molar-refractivity contribution in [3.8, 4) is 12.3 Å². The average Bonchev–Trinajstić information content (AvgIpc) is 2.87. The first-order chi connectivity index (χ1) is 9.17. The first-order valence-corrected chi connectivity index (χ1v) is 5.79. The molecule has 2 rings (SSSR count). The highest BCUT2D eigenvalue weighted by Gasteiger charge is 2.20. The third-order valence-electron chi connectivity index (χ3n) is 2.70. The summed E-state index contributed by atoms with van der Waals surface area (Å²) in [5.74, 6) is 2.62. The second kappa shape index (κ2) is 5.35. The zero-order valence-corrected chi connectivity index (χ0v) is 10.3. The van der Waals surface area contributed by atoms with Crippen molar-refractivity contribution < 1.29 is 9.55 Å². The fourth-order valence-corrected chi connectivity index (χ4v) is 1.79. The Labute approximate surface area is 109 Å². The minimum Gasteiger partial charge on any atom is -0.370 e. The molecule has 0 bridgehead atoms. The number of non-ortho nitro benzene ring substituents is 1. The Morgan fingerprint density at radius 1 is 1.53 bits per heavy atom. The second-order valence-corrected chi connectivity index (χ2v) is 4.00. The van der Waals surface area contributed by atoms with Crippen LogP contribution in [0.3, 0.4) is 0 Å². The first kappa shape index (κ1) is 12.8. The van der Waals surface area contributed by atoms with Crippen LogP contribution >= 0.6 is 0 Å². The summed E-state index contributed by atoms with van der Waals surface area (Å²) in [5.41, 5.74) is 0.862. The van der Waals surface area contributed by atoms with Crippen LogP contribution in [0.4, 0.5) is 11.4 Å². The monoisotopic (exact) mass is 260 g/mol. The molecule has 98 valence electrons. The molecular weight excluding hydrogens is 248 g/mol. The van der Waals surface area contributed by atoms with Crippen molar-refractivity contribution in [1.29, 1.82) is 0 Å². The molecule has 7 heteroatoms. The minimum atomic E-state index is -0.527. The average molecular weight is 260 g/mol. The molecule has 0 aliphatic rings. The molecule has 0 saturated heterocycles. The number of rotatable bonds is 5. The number of nitro benzene ring substituents is 1. The van der Waals surface area contributed by atoms with Gasteiger partial charge in [0.15, 0.2) is 5.52 Å². The number of anilines is 1. The van der Waals surface area contributed by atoms with Gasteiger partial charge < -0.3 is 5.32 Å². The Bertz CT molecular complexity index is 644. The van der Waals surface area contributed by atoms with Gasteiger partial charge >= 0.3 is 5.69 Å². The molecule has 0 amide bonds. The number of nitrogens with one attached hydrogen (secondary N) is 1. The van der Waals surface area contributed by atoms with Gasteiger partial charge in [0.1, 0.15) is 0 Å². The molecule has 2 aromatic rings. The van der Waals surface area contributed by atoms with Crippen molar-refractivity contribution >= 4 is 22.4 Å². The van der Waals surface area contributed by atoms with Crippen LogP contribution in [-0.4, -0.2) is 21.3 Å². The van der Waals surface area contributed by atoms with E-state index in [0.29, 0.717) is 11.2 Å². The standard InChI is InChI=1S/C12H12N4O3/c1-3-5-8(4-2)13-9-6-7-10(16(17)18)12-11(9)14-19-15-12/h2,6-8,13H,3,5H2,1H3. The van der Waals surface area contributed by atoms with E-state index in [1.807, 2.05) is 6.92 Å². The number of hydrogen-bond acceptors (Lipinski definition) is 6. The molecule has 1 unspecified atom stereocenters. The molecule has 1 aromatic carbocycles. The van der Waals surface area contributed by atoms with E-state index in [1.54, 1.807) is 6.07 Å². The summed E-state index contributed by atoms with van der Waals surface area (Å²) in [7, 11) is 0. The van der Waals surface area contributed by atoms with Crippen LogP contribution in [0.5, 0.6) is 0 Å². The van der Waals surface area contributed by atoms with Crippen LogP contribution in [0.15, 0.2) is 16.8 Å². The van der Waals surface area contributed by atoms with E-state index < -0.39 is 4.92 Å². The fraction of sp³-hybridized carbons (Fsp3) is 0.333. The van der Waals surface area contributed by atoms with Gasteiger partial charge in [-0.2, -0.15) is 0 Å². The lowest BCUT2D eigenvalue weighted by Gasteiger charge is -2.13. The number of fused-ring (bicyclic) bond motifs is 1. The lowest BCUT2D eigenvalue weighted by Crippen LogP contribution is -2.16. The van der Waals surface area contributed by atoms with Gasteiger partial charge in [-0.1, -0.05) is 19.3 Å². The van der Waals surface area contributed by atoms with Crippen molar-refractivity contribution in [3.63, 3.8) is 0 Å². The molecule has 19 heavy (non-hydrogen) atoms. The molecule has 7 nitrogen and oxygen atoms in total. The van der Waals surface area contributed by atoms with Gasteiger partial charge in [0.25, 0.3) is 0 Å². The molecule has 0 aliphatic carbocycles. The summed E-state index contributed by atoms with van der Waals surface area (Å²) in [4.78, 5) is 10.3. The molecule has 1 aromatic heterocycles. The normalized spacial score (nSPS) is 12.0. The number of aromatic nitrogens is 2. The number of hydrogen-bond donors (Lipinski definition) is 1. The second-order valence-electron chi connectivity index (χ2n) is 4.00. The topological polar surface area (TPSA) is 94.1 Å². The van der Waals surface area contributed by atoms with E-state index >= 15 is 0 Å². The van der Waals surface area contributed by atoms with Gasteiger partial charge in [-0.25, -0.2) is 4.63 Å². The van der Waals surface area contributed by atoms with Gasteiger partial charge in [-0.3, -0.25) is 10.1 Å². The Morgan fingerprint density at radius 3 is 2.89 bits per heavy atom. The molecular formula is C12H12N4O3. The third-order valence-corrected chi connectivity index (χ3v) is 2.70. The zero-order chi connectivity index (χ0) is 13.8. The van der Waals surface area contributed by atoms with Crippen LogP contribution < -0.4 is 5.32 Å². The molecule has 0 radical (unpaired) electrons. The Kier molecular flexibility index (Phi) is 3.61. The van der Waals surface area contributed by atoms with Crippen LogP contribution in [0.1, 0.15) is 19.8 Å². The molecule has 1 N–H and O–H groups in total. The van der Waals surface area contributed by atoms with Crippen LogP contribution in [0.2, 0.25) is 0 Å². The van der Waals surface area contributed by atoms with E-state index in [9.17, 15) is 10.1 Å². The first-order valence-electron chi connectivity index (χ1n) is 5.79. The molecule has 0 saturated carbocycles. The van der Waals surface area contributed by atoms with Gasteiger partial charge in [0, 0.05) is 6.07 Å². The van der Waals surface area contributed by atoms with Gasteiger partial charge in [0.05, 0.1) is 16.7 Å². The SMILES string of the molecule is C#CC(CCC)Nc1ccc([N+](=O)[O-])c2nonc12. The van der Waals surface area contributed by atoms with Gasteiger partial charge in [-0.15, -0.1) is 6.42 Å². The maximum atomic E-state index is 10.8. The predicted molar refractivity (Wildman–Crippen MR) is 69.6 cm³/mol. The highest BCUT2D eigenvalue weighted by molar-refractivity contribution is 5.93. The maximum Gasteiger partial charge on any atom is 0.300 e. The molecule has 0 fully saturated rings. The number of benzene rings is 1. The van der Waals surface area contributed by atoms with Crippen molar-refractivity contribution in [2.24, 2.45) is 0 Å². The van der Waals surface area contributed by atoms with Crippen LogP contribution in [0.25, 0.3) is 11.0 Å². The quantitative estimate of drug-likeness (QED) is 0.503. The van der Waals surface area contributed by atoms with Crippen LogP contribution in [0, 0.1) is 22.5 Å². The largest absolute Gasteiger partial charge is 0.370 e. The highest BCUT2D eigenvalue weighted by Crippen LogP contribution is 2.29. The molecule has 0 spiro atoms. The summed E-state index contributed by atoms with van der Waals surface area (Å²) < 4.78 is 4.58.